The van der Waals surface area contributed by atoms with E-state index in [1.54, 1.807) is 0 Å². The molecule has 1 rings (SSSR count). The Kier molecular flexibility index (Phi) is 1.71. The Labute approximate surface area is 55.3 Å². The van der Waals surface area contributed by atoms with Crippen molar-refractivity contribution in [1.29, 1.82) is 5.41 Å². The molecule has 1 aliphatic rings. The molecule has 1 heterocycles. The molecule has 3 N–H and O–H groups in total. The van der Waals surface area contributed by atoms with Crippen LogP contribution in [0.1, 0.15) is 12.8 Å². The van der Waals surface area contributed by atoms with Gasteiger partial charge in [-0.1, -0.05) is 0 Å². The molecule has 0 bridgehead atoms. The van der Waals surface area contributed by atoms with Crippen LogP contribution >= 0.6 is 0 Å². The summed E-state index contributed by atoms with van der Waals surface area (Å²) in [7, 11) is 2.01. The van der Waals surface area contributed by atoms with Gasteiger partial charge in [-0.15, -0.1) is 0 Å². The molecular formula is C6H13N3. The third-order valence-electron chi connectivity index (χ3n) is 1.88. The first-order valence-electron chi connectivity index (χ1n) is 3.26. The summed E-state index contributed by atoms with van der Waals surface area (Å²) < 4.78 is 0. The second-order valence-corrected chi connectivity index (χ2v) is 2.59. The summed E-state index contributed by atoms with van der Waals surface area (Å²) in [5.74, 6) is 0.315. The highest BCUT2D eigenvalue weighted by Gasteiger charge is 2.22. The van der Waals surface area contributed by atoms with Gasteiger partial charge in [-0.05, 0) is 26.4 Å². The molecule has 1 fully saturated rings. The van der Waals surface area contributed by atoms with Crippen LogP contribution in [0.15, 0.2) is 0 Å². The fourth-order valence-corrected chi connectivity index (χ4v) is 1.30. The average molecular weight is 127 g/mol. The molecule has 3 nitrogen and oxygen atoms in total. The maximum atomic E-state index is 7.16. The zero-order valence-electron chi connectivity index (χ0n) is 5.72. The van der Waals surface area contributed by atoms with E-state index in [0.29, 0.717) is 5.84 Å². The summed E-state index contributed by atoms with van der Waals surface area (Å²) in [6.45, 7) is 1.09. The van der Waals surface area contributed by atoms with Crippen molar-refractivity contribution in [2.24, 2.45) is 5.73 Å². The van der Waals surface area contributed by atoms with Crippen molar-refractivity contribution in [3.63, 3.8) is 0 Å². The average Bonchev–Trinajstić information content (AvgIpc) is 2.13. The number of hydrogen-bond donors (Lipinski definition) is 2. The quantitative estimate of drug-likeness (QED) is 0.385. The smallest absolute Gasteiger partial charge is 0.108 e. The van der Waals surface area contributed by atoms with Gasteiger partial charge in [0.2, 0.25) is 0 Å². The summed E-state index contributed by atoms with van der Waals surface area (Å²) in [6.07, 6.45) is 2.24. The van der Waals surface area contributed by atoms with E-state index in [-0.39, 0.29) is 6.04 Å². The van der Waals surface area contributed by atoms with E-state index >= 15 is 0 Å². The highest BCUT2D eigenvalue weighted by atomic mass is 15.2. The monoisotopic (exact) mass is 127 g/mol. The molecule has 1 atom stereocenters. The number of likely N-dealkylation sites (N-methyl/N-ethyl adjacent to an activating group) is 1. The second-order valence-electron chi connectivity index (χ2n) is 2.59. The van der Waals surface area contributed by atoms with Gasteiger partial charge in [-0.25, -0.2) is 0 Å². The highest BCUT2D eigenvalue weighted by Crippen LogP contribution is 2.13. The van der Waals surface area contributed by atoms with Gasteiger partial charge < -0.3 is 5.73 Å². The van der Waals surface area contributed by atoms with Crippen molar-refractivity contribution < 1.29 is 0 Å². The van der Waals surface area contributed by atoms with Crippen molar-refractivity contribution in [1.82, 2.24) is 4.90 Å². The van der Waals surface area contributed by atoms with Crippen molar-refractivity contribution in [2.75, 3.05) is 13.6 Å². The fourth-order valence-electron chi connectivity index (χ4n) is 1.30. The van der Waals surface area contributed by atoms with E-state index in [9.17, 15) is 0 Å². The van der Waals surface area contributed by atoms with Crippen LogP contribution in [0.3, 0.4) is 0 Å². The third kappa shape index (κ3) is 1.21. The van der Waals surface area contributed by atoms with Crippen LogP contribution < -0.4 is 5.73 Å². The van der Waals surface area contributed by atoms with Crippen molar-refractivity contribution in [2.45, 2.75) is 18.9 Å². The van der Waals surface area contributed by atoms with E-state index < -0.39 is 0 Å². The number of likely N-dealkylation sites (tertiary alicyclic amines) is 1. The Bertz CT molecular complexity index is 121. The molecule has 1 aliphatic heterocycles. The van der Waals surface area contributed by atoms with Gasteiger partial charge in [-0.3, -0.25) is 10.3 Å². The minimum absolute atomic E-state index is 0.227. The van der Waals surface area contributed by atoms with Gasteiger partial charge in [0.05, 0.1) is 6.04 Å². The van der Waals surface area contributed by atoms with Crippen molar-refractivity contribution >= 4 is 5.84 Å². The Balaban J connectivity index is 2.49. The van der Waals surface area contributed by atoms with Crippen LogP contribution in [0.2, 0.25) is 0 Å². The fraction of sp³-hybridized carbons (Fsp3) is 0.833. The largest absolute Gasteiger partial charge is 0.386 e. The summed E-state index contributed by atoms with van der Waals surface area (Å²) in [5, 5.41) is 7.16. The number of amidine groups is 1. The minimum atomic E-state index is 0.227. The molecule has 52 valence electrons. The number of nitrogens with one attached hydrogen (secondary N) is 1. The third-order valence-corrected chi connectivity index (χ3v) is 1.88. The van der Waals surface area contributed by atoms with Gasteiger partial charge >= 0.3 is 0 Å². The van der Waals surface area contributed by atoms with Crippen LogP contribution in [-0.4, -0.2) is 30.4 Å². The predicted octanol–water partition coefficient (Wildman–Crippen LogP) is 0.0166. The SMILES string of the molecule is CN1CCCC1C(=N)N. The molecule has 1 saturated heterocycles. The van der Waals surface area contributed by atoms with Crippen molar-refractivity contribution in [3.8, 4) is 0 Å². The number of nitrogens with two attached hydrogens (primary N) is 1. The topological polar surface area (TPSA) is 53.1 Å². The standard InChI is InChI=1S/C6H13N3/c1-9-4-2-3-5(9)6(7)8/h5H,2-4H2,1H3,(H3,7,8). The Morgan fingerprint density at radius 2 is 2.44 bits per heavy atom. The lowest BCUT2D eigenvalue weighted by Crippen LogP contribution is -2.37. The predicted molar refractivity (Wildman–Crippen MR) is 37.6 cm³/mol. The maximum absolute atomic E-state index is 7.16. The van der Waals surface area contributed by atoms with Gasteiger partial charge in [0, 0.05) is 0 Å². The number of nitrogens with zero attached hydrogens (tertiary/aromatic N) is 1. The first-order valence-corrected chi connectivity index (χ1v) is 3.26. The first-order chi connectivity index (χ1) is 4.22. The highest BCUT2D eigenvalue weighted by molar-refractivity contribution is 5.82. The Morgan fingerprint density at radius 1 is 1.78 bits per heavy atom. The molecule has 0 amide bonds. The number of hydrogen-bond acceptors (Lipinski definition) is 2. The van der Waals surface area contributed by atoms with Crippen molar-refractivity contribution in [3.05, 3.63) is 0 Å². The zero-order chi connectivity index (χ0) is 6.85. The van der Waals surface area contributed by atoms with Crippen LogP contribution in [0.4, 0.5) is 0 Å². The molecule has 0 aromatic heterocycles. The molecule has 0 saturated carbocycles. The van der Waals surface area contributed by atoms with E-state index in [4.69, 9.17) is 11.1 Å². The molecule has 3 heteroatoms. The molecular weight excluding hydrogens is 114 g/mol. The van der Waals surface area contributed by atoms with Crippen LogP contribution in [0.25, 0.3) is 0 Å². The summed E-state index contributed by atoms with van der Waals surface area (Å²) in [6, 6.07) is 0.227. The lowest BCUT2D eigenvalue weighted by atomic mass is 10.2. The maximum Gasteiger partial charge on any atom is 0.108 e. The Morgan fingerprint density at radius 3 is 2.67 bits per heavy atom. The lowest BCUT2D eigenvalue weighted by molar-refractivity contribution is 0.370. The van der Waals surface area contributed by atoms with E-state index in [1.165, 1.54) is 6.42 Å². The normalized spacial score (nSPS) is 28.8. The zero-order valence-corrected chi connectivity index (χ0v) is 5.72. The van der Waals surface area contributed by atoms with Crippen LogP contribution in [0, 0.1) is 5.41 Å². The van der Waals surface area contributed by atoms with E-state index in [0.717, 1.165) is 13.0 Å². The molecule has 1 unspecified atom stereocenters. The molecule has 0 aliphatic carbocycles. The summed E-state index contributed by atoms with van der Waals surface area (Å²) >= 11 is 0. The minimum Gasteiger partial charge on any atom is -0.386 e. The van der Waals surface area contributed by atoms with Gasteiger partial charge in [-0.2, -0.15) is 0 Å². The van der Waals surface area contributed by atoms with E-state index in [2.05, 4.69) is 4.90 Å². The number of rotatable bonds is 1. The molecule has 0 aromatic carbocycles. The Hall–Kier alpha value is -0.570. The molecule has 9 heavy (non-hydrogen) atoms. The van der Waals surface area contributed by atoms with E-state index in [1.807, 2.05) is 7.05 Å². The van der Waals surface area contributed by atoms with Gasteiger partial charge in [0.15, 0.2) is 0 Å². The molecule has 0 radical (unpaired) electrons. The van der Waals surface area contributed by atoms with Gasteiger partial charge in [0.1, 0.15) is 5.84 Å². The summed E-state index contributed by atoms with van der Waals surface area (Å²) in [5.41, 5.74) is 5.33. The van der Waals surface area contributed by atoms with Crippen LogP contribution in [0.5, 0.6) is 0 Å². The lowest BCUT2D eigenvalue weighted by Gasteiger charge is -2.16. The molecule has 0 aromatic rings. The van der Waals surface area contributed by atoms with Gasteiger partial charge in [0.25, 0.3) is 0 Å². The molecule has 0 spiro atoms. The van der Waals surface area contributed by atoms with Crippen LogP contribution in [-0.2, 0) is 0 Å². The second kappa shape index (κ2) is 2.35. The first kappa shape index (κ1) is 6.55. The summed E-state index contributed by atoms with van der Waals surface area (Å²) in [4.78, 5) is 2.13.